The second-order valence-corrected chi connectivity index (χ2v) is 11.4. The highest BCUT2D eigenvalue weighted by molar-refractivity contribution is 6.36. The fourth-order valence-corrected chi connectivity index (χ4v) is 5.75. The summed E-state index contributed by atoms with van der Waals surface area (Å²) in [5.74, 6) is -3.03. The lowest BCUT2D eigenvalue weighted by Gasteiger charge is -2.38. The third kappa shape index (κ3) is 6.54. The van der Waals surface area contributed by atoms with Crippen LogP contribution >= 0.6 is 23.2 Å². The second kappa shape index (κ2) is 12.2. The fourth-order valence-electron chi connectivity index (χ4n) is 5.24. The number of amides is 2. The van der Waals surface area contributed by atoms with Crippen molar-refractivity contribution in [3.05, 3.63) is 93.5 Å². The SMILES string of the molecule is N#CC1(NC(=O)[C@H](Cc2c(F)cccc2F)NC(=O)c2ccc(-c3ccccc3Cl)c(Cl)c2)CCN(C2CC2)CC1. The number of hydrogen-bond donors (Lipinski definition) is 2. The normalized spacial score (nSPS) is 17.3. The second-order valence-electron chi connectivity index (χ2n) is 10.6. The number of carbonyl (C=O) groups is 2. The van der Waals surface area contributed by atoms with Crippen LogP contribution in [0.2, 0.25) is 10.0 Å². The summed E-state index contributed by atoms with van der Waals surface area (Å²) in [6.45, 7) is 1.32. The molecule has 6 nitrogen and oxygen atoms in total. The lowest BCUT2D eigenvalue weighted by molar-refractivity contribution is -0.124. The minimum absolute atomic E-state index is 0.144. The number of halogens is 4. The molecule has 1 saturated heterocycles. The van der Waals surface area contributed by atoms with Crippen molar-refractivity contribution in [2.45, 2.75) is 49.7 Å². The minimum Gasteiger partial charge on any atom is -0.340 e. The molecule has 2 fully saturated rings. The number of likely N-dealkylation sites (tertiary alicyclic amines) is 1. The van der Waals surface area contributed by atoms with Crippen molar-refractivity contribution in [1.29, 1.82) is 5.26 Å². The van der Waals surface area contributed by atoms with Crippen molar-refractivity contribution in [1.82, 2.24) is 15.5 Å². The molecular formula is C31H28Cl2F2N4O2. The van der Waals surface area contributed by atoms with Crippen molar-refractivity contribution in [3.8, 4) is 17.2 Å². The molecule has 1 atom stereocenters. The monoisotopic (exact) mass is 596 g/mol. The summed E-state index contributed by atoms with van der Waals surface area (Å²) in [6, 6.07) is 16.6. The average Bonchev–Trinajstić information content (AvgIpc) is 3.81. The van der Waals surface area contributed by atoms with Gasteiger partial charge in [0.05, 0.1) is 6.07 Å². The predicted octanol–water partition coefficient (Wildman–Crippen LogP) is 5.92. The maximum absolute atomic E-state index is 14.6. The number of carbonyl (C=O) groups excluding carboxylic acids is 2. The molecule has 0 unspecified atom stereocenters. The smallest absolute Gasteiger partial charge is 0.251 e. The number of hydrogen-bond acceptors (Lipinski definition) is 4. The van der Waals surface area contributed by atoms with Crippen molar-refractivity contribution >= 4 is 35.0 Å². The summed E-state index contributed by atoms with van der Waals surface area (Å²) >= 11 is 12.8. The lowest BCUT2D eigenvalue weighted by atomic mass is 9.88. The van der Waals surface area contributed by atoms with Crippen LogP contribution < -0.4 is 10.6 Å². The Labute approximate surface area is 247 Å². The third-order valence-electron chi connectivity index (χ3n) is 7.78. The van der Waals surface area contributed by atoms with E-state index >= 15 is 0 Å². The topological polar surface area (TPSA) is 85.2 Å². The van der Waals surface area contributed by atoms with Gasteiger partial charge in [0, 0.05) is 57.9 Å². The van der Waals surface area contributed by atoms with E-state index in [0.717, 1.165) is 25.0 Å². The fraction of sp³-hybridized carbons (Fsp3) is 0.323. The molecule has 10 heteroatoms. The molecule has 1 heterocycles. The molecule has 2 N–H and O–H groups in total. The molecule has 0 spiro atoms. The van der Waals surface area contributed by atoms with E-state index in [1.54, 1.807) is 24.3 Å². The van der Waals surface area contributed by atoms with Gasteiger partial charge in [0.25, 0.3) is 5.91 Å². The van der Waals surface area contributed by atoms with Gasteiger partial charge in [0.15, 0.2) is 0 Å². The van der Waals surface area contributed by atoms with E-state index in [0.29, 0.717) is 48.1 Å². The summed E-state index contributed by atoms with van der Waals surface area (Å²) in [4.78, 5) is 29.2. The first-order chi connectivity index (χ1) is 19.7. The van der Waals surface area contributed by atoms with Crippen LogP contribution in [0, 0.1) is 23.0 Å². The Balaban J connectivity index is 1.37. The number of nitrogens with one attached hydrogen (secondary N) is 2. The quantitative estimate of drug-likeness (QED) is 0.338. The summed E-state index contributed by atoms with van der Waals surface area (Å²) in [6.07, 6.45) is 2.66. The third-order valence-corrected chi connectivity index (χ3v) is 8.42. The Hall–Kier alpha value is -3.51. The Morgan fingerprint density at radius 1 is 0.976 bits per heavy atom. The molecule has 0 radical (unpaired) electrons. The highest BCUT2D eigenvalue weighted by atomic mass is 35.5. The maximum atomic E-state index is 14.6. The first-order valence-corrected chi connectivity index (χ1v) is 14.2. The molecule has 1 aliphatic heterocycles. The van der Waals surface area contributed by atoms with Gasteiger partial charge in [-0.25, -0.2) is 8.78 Å². The van der Waals surface area contributed by atoms with Crippen LogP contribution in [-0.2, 0) is 11.2 Å². The van der Waals surface area contributed by atoms with Gasteiger partial charge in [-0.05, 0) is 56.0 Å². The molecule has 0 bridgehead atoms. The van der Waals surface area contributed by atoms with Crippen molar-refractivity contribution in [3.63, 3.8) is 0 Å². The predicted molar refractivity (Wildman–Crippen MR) is 154 cm³/mol. The van der Waals surface area contributed by atoms with Crippen LogP contribution in [0.25, 0.3) is 11.1 Å². The van der Waals surface area contributed by atoms with E-state index in [4.69, 9.17) is 23.2 Å². The van der Waals surface area contributed by atoms with Gasteiger partial charge >= 0.3 is 0 Å². The Bertz CT molecular complexity index is 1490. The van der Waals surface area contributed by atoms with Gasteiger partial charge in [0.1, 0.15) is 23.2 Å². The van der Waals surface area contributed by atoms with E-state index in [1.807, 2.05) is 6.07 Å². The molecule has 2 amide bonds. The number of nitrogens with zero attached hydrogens (tertiary/aromatic N) is 2. The number of rotatable bonds is 8. The molecule has 1 saturated carbocycles. The van der Waals surface area contributed by atoms with Gasteiger partial charge in [-0.15, -0.1) is 0 Å². The van der Waals surface area contributed by atoms with E-state index < -0.39 is 41.5 Å². The van der Waals surface area contributed by atoms with Crippen LogP contribution in [0.5, 0.6) is 0 Å². The van der Waals surface area contributed by atoms with Gasteiger partial charge in [-0.3, -0.25) is 9.59 Å². The number of nitriles is 1. The van der Waals surface area contributed by atoms with Crippen LogP contribution in [0.4, 0.5) is 8.78 Å². The molecule has 1 aliphatic carbocycles. The summed E-state index contributed by atoms with van der Waals surface area (Å²) in [7, 11) is 0. The van der Waals surface area contributed by atoms with Crippen LogP contribution in [0.15, 0.2) is 60.7 Å². The highest BCUT2D eigenvalue weighted by Crippen LogP contribution is 2.34. The standard InChI is InChI=1S/C31H28Cl2F2N4O2/c32-24-5-2-1-4-21(24)22-11-8-19(16-25(22)33)29(40)37-28(17-23-26(34)6-3-7-27(23)35)30(41)38-31(18-36)12-14-39(15-13-31)20-9-10-20/h1-8,11,16,20,28H,9-10,12-15,17H2,(H,37,40)(H,38,41)/t28-/m0/s1. The Morgan fingerprint density at radius 2 is 1.63 bits per heavy atom. The Kier molecular flexibility index (Phi) is 8.60. The van der Waals surface area contributed by atoms with E-state index in [9.17, 15) is 23.6 Å². The first-order valence-electron chi connectivity index (χ1n) is 13.5. The summed E-state index contributed by atoms with van der Waals surface area (Å²) < 4.78 is 29.2. The molecule has 0 aromatic heterocycles. The maximum Gasteiger partial charge on any atom is 0.251 e. The molecule has 212 valence electrons. The Morgan fingerprint density at radius 3 is 2.24 bits per heavy atom. The van der Waals surface area contributed by atoms with Crippen LogP contribution in [-0.4, -0.2) is 47.4 Å². The highest BCUT2D eigenvalue weighted by Gasteiger charge is 2.41. The number of benzene rings is 3. The van der Waals surface area contributed by atoms with E-state index in [1.165, 1.54) is 18.2 Å². The largest absolute Gasteiger partial charge is 0.340 e. The zero-order valence-electron chi connectivity index (χ0n) is 22.1. The molecule has 2 aliphatic rings. The summed E-state index contributed by atoms with van der Waals surface area (Å²) in [5, 5.41) is 16.2. The molecule has 5 rings (SSSR count). The van der Waals surface area contributed by atoms with Crippen LogP contribution in [0.3, 0.4) is 0 Å². The van der Waals surface area contributed by atoms with Gasteiger partial charge in [-0.2, -0.15) is 5.26 Å². The van der Waals surface area contributed by atoms with E-state index in [-0.39, 0.29) is 16.1 Å². The molecule has 41 heavy (non-hydrogen) atoms. The van der Waals surface area contributed by atoms with Crippen molar-refractivity contribution in [2.75, 3.05) is 13.1 Å². The lowest BCUT2D eigenvalue weighted by Crippen LogP contribution is -2.59. The zero-order chi connectivity index (χ0) is 29.1. The molecule has 3 aromatic rings. The first kappa shape index (κ1) is 29.0. The zero-order valence-corrected chi connectivity index (χ0v) is 23.6. The average molecular weight is 597 g/mol. The van der Waals surface area contributed by atoms with Crippen molar-refractivity contribution in [2.24, 2.45) is 0 Å². The number of piperidine rings is 1. The minimum atomic E-state index is -1.36. The van der Waals surface area contributed by atoms with E-state index in [2.05, 4.69) is 21.6 Å². The molecular weight excluding hydrogens is 569 g/mol. The van der Waals surface area contributed by atoms with Crippen molar-refractivity contribution < 1.29 is 18.4 Å². The van der Waals surface area contributed by atoms with Gasteiger partial charge in [0.2, 0.25) is 5.91 Å². The van der Waals surface area contributed by atoms with Crippen LogP contribution in [0.1, 0.15) is 41.6 Å². The van der Waals surface area contributed by atoms with Gasteiger partial charge in [-0.1, -0.05) is 53.5 Å². The molecule has 3 aromatic carbocycles. The summed E-state index contributed by atoms with van der Waals surface area (Å²) in [5.41, 5.74) is -0.0305. The van der Waals surface area contributed by atoms with Gasteiger partial charge < -0.3 is 15.5 Å².